The minimum atomic E-state index is 0.160. The summed E-state index contributed by atoms with van der Waals surface area (Å²) in [6.07, 6.45) is 1.51. The molecule has 3 aromatic rings. The van der Waals surface area contributed by atoms with Crippen molar-refractivity contribution < 1.29 is 9.84 Å². The minimum Gasteiger partial charge on any atom is -0.508 e. The van der Waals surface area contributed by atoms with Crippen LogP contribution >= 0.6 is 23.2 Å². The quantitative estimate of drug-likeness (QED) is 0.699. The summed E-state index contributed by atoms with van der Waals surface area (Å²) < 4.78 is 7.42. The summed E-state index contributed by atoms with van der Waals surface area (Å²) in [4.78, 5) is 0. The Kier molecular flexibility index (Phi) is 5.11. The molecule has 0 radical (unpaired) electrons. The second kappa shape index (κ2) is 7.29. The molecule has 0 aliphatic rings. The third-order valence-electron chi connectivity index (χ3n) is 3.64. The van der Waals surface area contributed by atoms with Gasteiger partial charge in [0.05, 0.1) is 16.6 Å². The number of ether oxygens (including phenoxy) is 1. The van der Waals surface area contributed by atoms with Crippen molar-refractivity contribution >= 4 is 23.2 Å². The van der Waals surface area contributed by atoms with E-state index in [4.69, 9.17) is 27.9 Å². The van der Waals surface area contributed by atoms with Crippen LogP contribution in [0, 0.1) is 0 Å². The van der Waals surface area contributed by atoms with Gasteiger partial charge in [0.1, 0.15) is 17.8 Å². The molecule has 6 nitrogen and oxygen atoms in total. The van der Waals surface area contributed by atoms with Gasteiger partial charge in [-0.15, -0.1) is 5.10 Å². The van der Waals surface area contributed by atoms with Gasteiger partial charge in [0.15, 0.2) is 5.75 Å². The molecular formula is C17H16Cl2N4O2. The van der Waals surface area contributed by atoms with Crippen molar-refractivity contribution in [1.82, 2.24) is 20.2 Å². The molecule has 1 aromatic heterocycles. The molecule has 25 heavy (non-hydrogen) atoms. The summed E-state index contributed by atoms with van der Waals surface area (Å²) in [6.45, 7) is 4.43. The van der Waals surface area contributed by atoms with Crippen LogP contribution in [-0.2, 0) is 6.54 Å². The number of phenolic OH excluding ortho intramolecular Hbond substituents is 1. The number of halogens is 2. The molecule has 0 spiro atoms. The van der Waals surface area contributed by atoms with Crippen molar-refractivity contribution in [2.24, 2.45) is 0 Å². The number of phenols is 1. The van der Waals surface area contributed by atoms with E-state index in [1.54, 1.807) is 35.0 Å². The van der Waals surface area contributed by atoms with Crippen LogP contribution in [-0.4, -0.2) is 25.3 Å². The van der Waals surface area contributed by atoms with Crippen LogP contribution in [0.15, 0.2) is 36.7 Å². The fourth-order valence-corrected chi connectivity index (χ4v) is 3.03. The van der Waals surface area contributed by atoms with Crippen molar-refractivity contribution in [3.8, 4) is 17.2 Å². The van der Waals surface area contributed by atoms with Gasteiger partial charge in [-0.25, -0.2) is 4.68 Å². The lowest BCUT2D eigenvalue weighted by atomic mass is 10.0. The molecule has 0 fully saturated rings. The maximum Gasteiger partial charge on any atom is 0.164 e. The van der Waals surface area contributed by atoms with Gasteiger partial charge >= 0.3 is 0 Å². The van der Waals surface area contributed by atoms with E-state index in [0.717, 1.165) is 11.1 Å². The first-order valence-electron chi connectivity index (χ1n) is 7.63. The monoisotopic (exact) mass is 378 g/mol. The summed E-state index contributed by atoms with van der Waals surface area (Å²) in [5, 5.41) is 21.7. The molecule has 0 saturated heterocycles. The highest BCUT2D eigenvalue weighted by molar-refractivity contribution is 6.37. The number of hydrogen-bond donors (Lipinski definition) is 1. The van der Waals surface area contributed by atoms with E-state index in [2.05, 4.69) is 15.5 Å². The fraction of sp³-hybridized carbons (Fsp3) is 0.235. The molecule has 0 unspecified atom stereocenters. The van der Waals surface area contributed by atoms with E-state index < -0.39 is 0 Å². The van der Waals surface area contributed by atoms with Gasteiger partial charge in [-0.2, -0.15) is 0 Å². The summed E-state index contributed by atoms with van der Waals surface area (Å²) >= 11 is 12.7. The Labute approximate surface area is 155 Å². The summed E-state index contributed by atoms with van der Waals surface area (Å²) in [5.74, 6) is 1.31. The van der Waals surface area contributed by atoms with Crippen LogP contribution in [0.1, 0.15) is 30.9 Å². The number of nitrogens with zero attached hydrogens (tertiary/aromatic N) is 4. The number of aromatic nitrogens is 4. The van der Waals surface area contributed by atoms with Crippen LogP contribution in [0.3, 0.4) is 0 Å². The second-order valence-electron chi connectivity index (χ2n) is 5.87. The first kappa shape index (κ1) is 17.5. The standard InChI is InChI=1S/C17H16Cl2N4O2/c1-10(2)13-7-12(3-4-16(13)24)25-17-14(18)5-11(6-15(17)19)8-23-9-20-21-22-23/h3-7,9-10,24H,8H2,1-2H3. The maximum atomic E-state index is 9.91. The lowest BCUT2D eigenvalue weighted by Crippen LogP contribution is -2.01. The Balaban J connectivity index is 1.87. The molecule has 2 aromatic carbocycles. The van der Waals surface area contributed by atoms with Gasteiger partial charge in [0, 0.05) is 5.56 Å². The lowest BCUT2D eigenvalue weighted by molar-refractivity contribution is 0.454. The number of aromatic hydroxyl groups is 1. The fourth-order valence-electron chi connectivity index (χ4n) is 2.42. The van der Waals surface area contributed by atoms with E-state index in [0.29, 0.717) is 28.1 Å². The largest absolute Gasteiger partial charge is 0.508 e. The molecule has 0 saturated carbocycles. The zero-order valence-electron chi connectivity index (χ0n) is 13.6. The van der Waals surface area contributed by atoms with Gasteiger partial charge in [0.2, 0.25) is 0 Å². The van der Waals surface area contributed by atoms with Crippen molar-refractivity contribution in [3.05, 3.63) is 57.8 Å². The van der Waals surface area contributed by atoms with Gasteiger partial charge in [-0.1, -0.05) is 37.0 Å². The highest BCUT2D eigenvalue weighted by Gasteiger charge is 2.14. The summed E-state index contributed by atoms with van der Waals surface area (Å²) in [7, 11) is 0. The maximum absolute atomic E-state index is 9.91. The normalized spacial score (nSPS) is 11.1. The van der Waals surface area contributed by atoms with Gasteiger partial charge < -0.3 is 9.84 Å². The first-order chi connectivity index (χ1) is 11.9. The predicted octanol–water partition coefficient (Wildman–Crippen LogP) is 4.65. The molecular weight excluding hydrogens is 363 g/mol. The van der Waals surface area contributed by atoms with Gasteiger partial charge in [-0.3, -0.25) is 0 Å². The Morgan fingerprint density at radius 3 is 2.48 bits per heavy atom. The lowest BCUT2D eigenvalue weighted by Gasteiger charge is -2.14. The minimum absolute atomic E-state index is 0.160. The smallest absolute Gasteiger partial charge is 0.164 e. The Hall–Kier alpha value is -2.31. The number of hydrogen-bond acceptors (Lipinski definition) is 5. The Morgan fingerprint density at radius 1 is 1.16 bits per heavy atom. The third kappa shape index (κ3) is 4.03. The zero-order valence-corrected chi connectivity index (χ0v) is 15.2. The van der Waals surface area contributed by atoms with Gasteiger partial charge in [-0.05, 0) is 52.2 Å². The Bertz CT molecular complexity index is 859. The van der Waals surface area contributed by atoms with E-state index >= 15 is 0 Å². The van der Waals surface area contributed by atoms with E-state index in [1.807, 2.05) is 13.8 Å². The highest BCUT2D eigenvalue weighted by atomic mass is 35.5. The van der Waals surface area contributed by atoms with Crippen molar-refractivity contribution in [2.75, 3.05) is 0 Å². The predicted molar refractivity (Wildman–Crippen MR) is 95.7 cm³/mol. The van der Waals surface area contributed by atoms with Crippen LogP contribution < -0.4 is 4.74 Å². The molecule has 0 aliphatic carbocycles. The highest BCUT2D eigenvalue weighted by Crippen LogP contribution is 2.39. The van der Waals surface area contributed by atoms with E-state index in [9.17, 15) is 5.11 Å². The molecule has 130 valence electrons. The molecule has 0 amide bonds. The topological polar surface area (TPSA) is 73.1 Å². The number of benzene rings is 2. The molecule has 0 atom stereocenters. The molecule has 1 heterocycles. The average molecular weight is 379 g/mol. The first-order valence-corrected chi connectivity index (χ1v) is 8.39. The van der Waals surface area contributed by atoms with Crippen LogP contribution in [0.25, 0.3) is 0 Å². The molecule has 3 rings (SSSR count). The van der Waals surface area contributed by atoms with Crippen molar-refractivity contribution in [2.45, 2.75) is 26.3 Å². The third-order valence-corrected chi connectivity index (χ3v) is 4.20. The number of rotatable bonds is 5. The molecule has 1 N–H and O–H groups in total. The molecule has 8 heteroatoms. The van der Waals surface area contributed by atoms with Gasteiger partial charge in [0.25, 0.3) is 0 Å². The second-order valence-corrected chi connectivity index (χ2v) is 6.69. The van der Waals surface area contributed by atoms with Crippen LogP contribution in [0.2, 0.25) is 10.0 Å². The average Bonchev–Trinajstić information content (AvgIpc) is 3.05. The SMILES string of the molecule is CC(C)c1cc(Oc2c(Cl)cc(Cn3cnnn3)cc2Cl)ccc1O. The van der Waals surface area contributed by atoms with E-state index in [1.165, 1.54) is 6.33 Å². The number of tetrazole rings is 1. The molecule has 0 bridgehead atoms. The zero-order chi connectivity index (χ0) is 18.0. The van der Waals surface area contributed by atoms with Crippen molar-refractivity contribution in [1.29, 1.82) is 0 Å². The van der Waals surface area contributed by atoms with E-state index in [-0.39, 0.29) is 11.7 Å². The molecule has 0 aliphatic heterocycles. The summed E-state index contributed by atoms with van der Waals surface area (Å²) in [6, 6.07) is 8.56. The van der Waals surface area contributed by atoms with Crippen LogP contribution in [0.5, 0.6) is 17.2 Å². The van der Waals surface area contributed by atoms with Crippen LogP contribution in [0.4, 0.5) is 0 Å². The van der Waals surface area contributed by atoms with Crippen molar-refractivity contribution in [3.63, 3.8) is 0 Å². The summed E-state index contributed by atoms with van der Waals surface area (Å²) in [5.41, 5.74) is 1.64. The Morgan fingerprint density at radius 2 is 1.88 bits per heavy atom.